The average molecular weight is 516 g/mol. The molecule has 0 spiro atoms. The Morgan fingerprint density at radius 3 is 2.14 bits per heavy atom. The third-order valence-electron chi connectivity index (χ3n) is 6.03. The fourth-order valence-corrected chi connectivity index (χ4v) is 4.79. The molecule has 0 fully saturated rings. The van der Waals surface area contributed by atoms with E-state index < -0.39 is 43.9 Å². The topological polar surface area (TPSA) is 168 Å². The van der Waals surface area contributed by atoms with Gasteiger partial charge < -0.3 is 10.4 Å². The van der Waals surface area contributed by atoms with Gasteiger partial charge in [0, 0.05) is 16.5 Å². The number of pyridine rings is 1. The first-order valence-corrected chi connectivity index (χ1v) is 12.2. The molecule has 3 N–H and O–H groups in total. The molecule has 1 heterocycles. The number of hydrogen-bond acceptors (Lipinski definition) is 7. The number of carbonyl (C=O) groups excluding carboxylic acids is 3. The number of carboxylic acids is 1. The van der Waals surface area contributed by atoms with Gasteiger partial charge in [0.05, 0.1) is 32.9 Å². The standard InChI is InChI=1S/C26H16N2O8S/c29-23-15-5-1-2-6-16(15)24(30)21(23)19-11-8-13-4-3-7-20(22(13)27-19)28-25(31)18-12-14(37(34,35)36)9-10-17(18)26(32)33/h1-12,21H,(H,28,31)(H,32,33)(H,34,35,36). The van der Waals surface area contributed by atoms with Crippen molar-refractivity contribution >= 4 is 50.2 Å². The monoisotopic (exact) mass is 516 g/mol. The Morgan fingerprint density at radius 2 is 1.51 bits per heavy atom. The van der Waals surface area contributed by atoms with Crippen LogP contribution in [0.25, 0.3) is 10.9 Å². The van der Waals surface area contributed by atoms with Gasteiger partial charge in [-0.1, -0.05) is 42.5 Å². The number of aromatic nitrogens is 1. The Morgan fingerprint density at radius 1 is 0.838 bits per heavy atom. The van der Waals surface area contributed by atoms with E-state index in [-0.39, 0.29) is 28.5 Å². The van der Waals surface area contributed by atoms with Crippen molar-refractivity contribution in [3.8, 4) is 0 Å². The van der Waals surface area contributed by atoms with Gasteiger partial charge in [-0.25, -0.2) is 9.78 Å². The van der Waals surface area contributed by atoms with E-state index >= 15 is 0 Å². The van der Waals surface area contributed by atoms with E-state index in [1.54, 1.807) is 48.5 Å². The van der Waals surface area contributed by atoms with Gasteiger partial charge in [-0.05, 0) is 30.3 Å². The minimum absolute atomic E-state index is 0.133. The SMILES string of the molecule is O=C(O)c1ccc(S(=O)(=O)O)cc1C(=O)Nc1cccc2ccc(C3C(=O)c4ccccc4C3=O)nc12. The van der Waals surface area contributed by atoms with E-state index in [1.165, 1.54) is 6.07 Å². The van der Waals surface area contributed by atoms with Crippen LogP contribution in [0.5, 0.6) is 0 Å². The van der Waals surface area contributed by atoms with E-state index in [2.05, 4.69) is 10.3 Å². The molecule has 0 radical (unpaired) electrons. The maximum Gasteiger partial charge on any atom is 0.336 e. The Hall–Kier alpha value is -4.74. The second-order valence-corrected chi connectivity index (χ2v) is 9.68. The van der Waals surface area contributed by atoms with Crippen LogP contribution in [0.1, 0.15) is 53.0 Å². The molecule has 0 saturated heterocycles. The molecule has 0 aliphatic heterocycles. The lowest BCUT2D eigenvalue weighted by molar-refractivity contribution is 0.0691. The van der Waals surface area contributed by atoms with Crippen LogP contribution in [0.15, 0.2) is 77.7 Å². The number of carboxylic acid groups (broad SMARTS) is 1. The fraction of sp³-hybridized carbons (Fsp3) is 0.0385. The molecule has 1 aliphatic carbocycles. The predicted molar refractivity (Wildman–Crippen MR) is 131 cm³/mol. The van der Waals surface area contributed by atoms with Crippen molar-refractivity contribution in [1.82, 2.24) is 4.98 Å². The Labute approximate surface area is 209 Å². The summed E-state index contributed by atoms with van der Waals surface area (Å²) in [6.45, 7) is 0. The molecular formula is C26H16N2O8S. The van der Waals surface area contributed by atoms with E-state index in [0.29, 0.717) is 16.5 Å². The third kappa shape index (κ3) is 4.15. The molecular weight excluding hydrogens is 500 g/mol. The van der Waals surface area contributed by atoms with Crippen LogP contribution < -0.4 is 5.32 Å². The molecule has 5 rings (SSSR count). The number of amides is 1. The zero-order valence-corrected chi connectivity index (χ0v) is 19.5. The van der Waals surface area contributed by atoms with Crippen molar-refractivity contribution < 1.29 is 37.3 Å². The third-order valence-corrected chi connectivity index (χ3v) is 6.88. The van der Waals surface area contributed by atoms with Gasteiger partial charge in [-0.2, -0.15) is 8.42 Å². The van der Waals surface area contributed by atoms with E-state index in [9.17, 15) is 37.3 Å². The average Bonchev–Trinajstić information content (AvgIpc) is 3.13. The molecule has 3 aromatic carbocycles. The smallest absolute Gasteiger partial charge is 0.336 e. The number of Topliss-reactive ketones (excluding diaryl/α,β-unsaturated/α-hetero) is 2. The van der Waals surface area contributed by atoms with Crippen LogP contribution in [0.3, 0.4) is 0 Å². The van der Waals surface area contributed by atoms with Gasteiger partial charge in [-0.15, -0.1) is 0 Å². The van der Waals surface area contributed by atoms with Crippen molar-refractivity contribution in [2.24, 2.45) is 0 Å². The highest BCUT2D eigenvalue weighted by atomic mass is 32.2. The van der Waals surface area contributed by atoms with E-state index in [1.807, 2.05) is 0 Å². The Bertz CT molecular complexity index is 1740. The van der Waals surface area contributed by atoms with Crippen LogP contribution in [0, 0.1) is 0 Å². The molecule has 0 unspecified atom stereocenters. The number of fused-ring (bicyclic) bond motifs is 2. The lowest BCUT2D eigenvalue weighted by Crippen LogP contribution is -2.18. The molecule has 184 valence electrons. The summed E-state index contributed by atoms with van der Waals surface area (Å²) in [4.78, 5) is 54.4. The maximum atomic E-state index is 13.1. The number of hydrogen-bond donors (Lipinski definition) is 3. The second kappa shape index (κ2) is 8.73. The molecule has 1 aliphatic rings. The van der Waals surface area contributed by atoms with Gasteiger partial charge in [0.2, 0.25) is 0 Å². The van der Waals surface area contributed by atoms with E-state index in [0.717, 1.165) is 18.2 Å². The van der Waals surface area contributed by atoms with Crippen molar-refractivity contribution in [3.05, 3.63) is 101 Å². The molecule has 0 saturated carbocycles. The number of ketones is 2. The minimum Gasteiger partial charge on any atom is -0.478 e. The van der Waals surface area contributed by atoms with Crippen LogP contribution in [-0.4, -0.2) is 46.5 Å². The highest BCUT2D eigenvalue weighted by Crippen LogP contribution is 2.34. The number of anilines is 1. The highest BCUT2D eigenvalue weighted by molar-refractivity contribution is 7.85. The molecule has 1 aromatic heterocycles. The first-order chi connectivity index (χ1) is 17.6. The lowest BCUT2D eigenvalue weighted by atomic mass is 9.98. The summed E-state index contributed by atoms with van der Waals surface area (Å²) in [7, 11) is -4.71. The first-order valence-electron chi connectivity index (χ1n) is 10.8. The Balaban J connectivity index is 1.56. The minimum atomic E-state index is -4.71. The van der Waals surface area contributed by atoms with Crippen LogP contribution in [0.2, 0.25) is 0 Å². The summed E-state index contributed by atoms with van der Waals surface area (Å²) in [5, 5.41) is 12.5. The summed E-state index contributed by atoms with van der Waals surface area (Å²) in [5.74, 6) is -4.37. The summed E-state index contributed by atoms with van der Waals surface area (Å²) in [6.07, 6.45) is 0. The Kier molecular flexibility index (Phi) is 5.66. The molecule has 1 amide bonds. The predicted octanol–water partition coefficient (Wildman–Crippen LogP) is 3.59. The number of para-hydroxylation sites is 1. The van der Waals surface area contributed by atoms with Crippen molar-refractivity contribution in [2.45, 2.75) is 10.8 Å². The quantitative estimate of drug-likeness (QED) is 0.265. The van der Waals surface area contributed by atoms with Gasteiger partial charge in [0.25, 0.3) is 16.0 Å². The van der Waals surface area contributed by atoms with Gasteiger partial charge >= 0.3 is 5.97 Å². The number of nitrogens with one attached hydrogen (secondary N) is 1. The zero-order valence-electron chi connectivity index (χ0n) is 18.7. The first kappa shape index (κ1) is 24.0. The largest absolute Gasteiger partial charge is 0.478 e. The molecule has 10 nitrogen and oxygen atoms in total. The summed E-state index contributed by atoms with van der Waals surface area (Å²) < 4.78 is 32.4. The normalized spacial score (nSPS) is 13.5. The maximum absolute atomic E-state index is 13.1. The molecule has 0 atom stereocenters. The van der Waals surface area contributed by atoms with Gasteiger partial charge in [-0.3, -0.25) is 18.9 Å². The fourth-order valence-electron chi connectivity index (χ4n) is 4.28. The summed E-state index contributed by atoms with van der Waals surface area (Å²) in [6, 6.07) is 17.0. The second-order valence-electron chi connectivity index (χ2n) is 8.26. The van der Waals surface area contributed by atoms with Crippen molar-refractivity contribution in [3.63, 3.8) is 0 Å². The lowest BCUT2D eigenvalue weighted by Gasteiger charge is -2.13. The van der Waals surface area contributed by atoms with Crippen LogP contribution >= 0.6 is 0 Å². The number of nitrogens with zero attached hydrogens (tertiary/aromatic N) is 1. The van der Waals surface area contributed by atoms with Crippen LogP contribution in [-0.2, 0) is 10.1 Å². The van der Waals surface area contributed by atoms with Gasteiger partial charge in [0.15, 0.2) is 11.6 Å². The molecule has 37 heavy (non-hydrogen) atoms. The molecule has 11 heteroatoms. The molecule has 0 bridgehead atoms. The summed E-state index contributed by atoms with van der Waals surface area (Å²) >= 11 is 0. The zero-order chi connectivity index (χ0) is 26.5. The highest BCUT2D eigenvalue weighted by Gasteiger charge is 2.40. The molecule has 4 aromatic rings. The van der Waals surface area contributed by atoms with Crippen LogP contribution in [0.4, 0.5) is 5.69 Å². The number of rotatable bonds is 5. The number of aromatic carboxylic acids is 1. The van der Waals surface area contributed by atoms with Crippen molar-refractivity contribution in [1.29, 1.82) is 0 Å². The summed E-state index contributed by atoms with van der Waals surface area (Å²) in [5.41, 5.74) is 0.161. The van der Waals surface area contributed by atoms with Gasteiger partial charge in [0.1, 0.15) is 5.92 Å². The number of carbonyl (C=O) groups is 4. The van der Waals surface area contributed by atoms with Crippen molar-refractivity contribution in [2.75, 3.05) is 5.32 Å². The van der Waals surface area contributed by atoms with E-state index in [4.69, 9.17) is 0 Å². The number of benzene rings is 3.